The van der Waals surface area contributed by atoms with E-state index in [2.05, 4.69) is 38.2 Å². The predicted molar refractivity (Wildman–Crippen MR) is 90.8 cm³/mol. The molecule has 0 aliphatic heterocycles. The highest BCUT2D eigenvalue weighted by atomic mass is 35.5. The summed E-state index contributed by atoms with van der Waals surface area (Å²) >= 11 is 6.44. The van der Waals surface area contributed by atoms with Crippen LogP contribution in [0.2, 0.25) is 5.02 Å². The SMILES string of the molecule is CC(C)(C)NCC1(Cc2ccccc2Cl)CC2CCC1C2. The fourth-order valence-corrected chi connectivity index (χ4v) is 4.72. The molecular formula is C19H28ClN. The van der Waals surface area contributed by atoms with Crippen molar-refractivity contribution in [2.45, 2.75) is 58.4 Å². The van der Waals surface area contributed by atoms with Crippen LogP contribution in [0.25, 0.3) is 0 Å². The van der Waals surface area contributed by atoms with E-state index in [1.54, 1.807) is 0 Å². The van der Waals surface area contributed by atoms with E-state index in [0.29, 0.717) is 5.41 Å². The Morgan fingerprint density at radius 1 is 1.24 bits per heavy atom. The highest BCUT2D eigenvalue weighted by Gasteiger charge is 2.50. The number of nitrogens with one attached hydrogen (secondary N) is 1. The molecule has 2 heteroatoms. The predicted octanol–water partition coefficient (Wildman–Crippen LogP) is 5.08. The number of benzene rings is 1. The Kier molecular flexibility index (Phi) is 4.09. The van der Waals surface area contributed by atoms with Gasteiger partial charge in [-0.1, -0.05) is 36.2 Å². The quantitative estimate of drug-likeness (QED) is 0.818. The van der Waals surface area contributed by atoms with Crippen LogP contribution in [0.1, 0.15) is 52.0 Å². The topological polar surface area (TPSA) is 12.0 Å². The number of hydrogen-bond acceptors (Lipinski definition) is 1. The van der Waals surface area contributed by atoms with Gasteiger partial charge in [0, 0.05) is 17.1 Å². The molecule has 2 aliphatic rings. The summed E-state index contributed by atoms with van der Waals surface area (Å²) in [4.78, 5) is 0. The number of rotatable bonds is 4. The molecule has 116 valence electrons. The summed E-state index contributed by atoms with van der Waals surface area (Å²) in [5, 5.41) is 4.73. The van der Waals surface area contributed by atoms with Gasteiger partial charge in [-0.15, -0.1) is 0 Å². The van der Waals surface area contributed by atoms with Crippen LogP contribution in [0, 0.1) is 17.3 Å². The Morgan fingerprint density at radius 2 is 2.00 bits per heavy atom. The van der Waals surface area contributed by atoms with Crippen molar-refractivity contribution >= 4 is 11.6 Å². The summed E-state index contributed by atoms with van der Waals surface area (Å²) < 4.78 is 0. The largest absolute Gasteiger partial charge is 0.311 e. The van der Waals surface area contributed by atoms with Crippen LogP contribution >= 0.6 is 11.6 Å². The van der Waals surface area contributed by atoms with Crippen molar-refractivity contribution in [2.24, 2.45) is 17.3 Å². The summed E-state index contributed by atoms with van der Waals surface area (Å²) in [7, 11) is 0. The standard InChI is InChI=1S/C19H28ClN/c1-18(2,3)21-13-19(11-14-8-9-16(19)10-14)12-15-6-4-5-7-17(15)20/h4-7,14,16,21H,8-13H2,1-3H3. The van der Waals surface area contributed by atoms with Crippen molar-refractivity contribution in [3.63, 3.8) is 0 Å². The minimum Gasteiger partial charge on any atom is -0.311 e. The molecule has 2 aliphatic carbocycles. The van der Waals surface area contributed by atoms with Crippen LogP contribution < -0.4 is 5.32 Å². The van der Waals surface area contributed by atoms with Gasteiger partial charge in [0.2, 0.25) is 0 Å². The number of fused-ring (bicyclic) bond motifs is 2. The second-order valence-corrected chi connectivity index (χ2v) is 8.72. The maximum atomic E-state index is 6.44. The molecule has 0 radical (unpaired) electrons. The molecular weight excluding hydrogens is 278 g/mol. The van der Waals surface area contributed by atoms with Crippen molar-refractivity contribution in [3.8, 4) is 0 Å². The van der Waals surface area contributed by atoms with E-state index in [1.807, 2.05) is 12.1 Å². The first kappa shape index (κ1) is 15.4. The highest BCUT2D eigenvalue weighted by Crippen LogP contribution is 2.57. The van der Waals surface area contributed by atoms with E-state index in [9.17, 15) is 0 Å². The minimum absolute atomic E-state index is 0.190. The van der Waals surface area contributed by atoms with E-state index in [1.165, 1.54) is 31.2 Å². The Hall–Kier alpha value is -0.530. The van der Waals surface area contributed by atoms with Gasteiger partial charge in [0.25, 0.3) is 0 Å². The van der Waals surface area contributed by atoms with Gasteiger partial charge in [0.1, 0.15) is 0 Å². The first-order valence-corrected chi connectivity index (χ1v) is 8.74. The van der Waals surface area contributed by atoms with Gasteiger partial charge in [0.05, 0.1) is 0 Å². The molecule has 0 heterocycles. The maximum absolute atomic E-state index is 6.44. The summed E-state index contributed by atoms with van der Waals surface area (Å²) in [5.41, 5.74) is 1.94. The molecule has 0 saturated heterocycles. The zero-order valence-electron chi connectivity index (χ0n) is 13.6. The van der Waals surface area contributed by atoms with Gasteiger partial charge < -0.3 is 5.32 Å². The average molecular weight is 306 g/mol. The first-order chi connectivity index (χ1) is 9.88. The lowest BCUT2D eigenvalue weighted by Crippen LogP contribution is -2.47. The van der Waals surface area contributed by atoms with E-state index in [-0.39, 0.29) is 5.54 Å². The van der Waals surface area contributed by atoms with Crippen molar-refractivity contribution < 1.29 is 0 Å². The Bertz CT molecular complexity index is 505. The zero-order chi connectivity index (χ0) is 15.1. The summed E-state index contributed by atoms with van der Waals surface area (Å²) in [5.74, 6) is 1.84. The second kappa shape index (κ2) is 5.59. The summed E-state index contributed by atoms with van der Waals surface area (Å²) in [6.07, 6.45) is 6.82. The van der Waals surface area contributed by atoms with Crippen LogP contribution in [-0.4, -0.2) is 12.1 Å². The van der Waals surface area contributed by atoms with Crippen molar-refractivity contribution in [1.82, 2.24) is 5.32 Å². The van der Waals surface area contributed by atoms with Gasteiger partial charge >= 0.3 is 0 Å². The summed E-state index contributed by atoms with van der Waals surface area (Å²) in [6.45, 7) is 7.93. The minimum atomic E-state index is 0.190. The Labute approximate surface area is 134 Å². The van der Waals surface area contributed by atoms with E-state index in [0.717, 1.165) is 29.8 Å². The molecule has 1 N–H and O–H groups in total. The third-order valence-corrected chi connectivity index (χ3v) is 5.94. The van der Waals surface area contributed by atoms with Gasteiger partial charge in [-0.3, -0.25) is 0 Å². The second-order valence-electron chi connectivity index (χ2n) is 8.31. The molecule has 1 aromatic rings. The first-order valence-electron chi connectivity index (χ1n) is 8.36. The molecule has 2 bridgehead atoms. The maximum Gasteiger partial charge on any atom is 0.0438 e. The van der Waals surface area contributed by atoms with Crippen molar-refractivity contribution in [3.05, 3.63) is 34.9 Å². The van der Waals surface area contributed by atoms with Crippen molar-refractivity contribution in [2.75, 3.05) is 6.54 Å². The monoisotopic (exact) mass is 305 g/mol. The molecule has 1 aromatic carbocycles. The molecule has 0 aromatic heterocycles. The van der Waals surface area contributed by atoms with Gasteiger partial charge in [0.15, 0.2) is 0 Å². The van der Waals surface area contributed by atoms with Crippen LogP contribution in [0.15, 0.2) is 24.3 Å². The summed E-state index contributed by atoms with van der Waals surface area (Å²) in [6, 6.07) is 8.41. The van der Waals surface area contributed by atoms with Gasteiger partial charge in [-0.2, -0.15) is 0 Å². The zero-order valence-corrected chi connectivity index (χ0v) is 14.3. The molecule has 21 heavy (non-hydrogen) atoms. The molecule has 3 atom stereocenters. The van der Waals surface area contributed by atoms with Gasteiger partial charge in [-0.25, -0.2) is 0 Å². The molecule has 0 spiro atoms. The highest BCUT2D eigenvalue weighted by molar-refractivity contribution is 6.31. The van der Waals surface area contributed by atoms with Crippen LogP contribution in [0.3, 0.4) is 0 Å². The van der Waals surface area contributed by atoms with E-state index in [4.69, 9.17) is 11.6 Å². The molecule has 2 saturated carbocycles. The third kappa shape index (κ3) is 3.29. The molecule has 3 rings (SSSR count). The van der Waals surface area contributed by atoms with Crippen molar-refractivity contribution in [1.29, 1.82) is 0 Å². The average Bonchev–Trinajstić information content (AvgIpc) is 2.99. The Morgan fingerprint density at radius 3 is 2.57 bits per heavy atom. The third-order valence-electron chi connectivity index (χ3n) is 5.57. The van der Waals surface area contributed by atoms with Crippen LogP contribution in [0.5, 0.6) is 0 Å². The number of hydrogen-bond donors (Lipinski definition) is 1. The normalized spacial score (nSPS) is 31.8. The Balaban J connectivity index is 1.82. The fraction of sp³-hybridized carbons (Fsp3) is 0.684. The lowest BCUT2D eigenvalue weighted by molar-refractivity contribution is 0.143. The molecule has 0 amide bonds. The van der Waals surface area contributed by atoms with E-state index >= 15 is 0 Å². The lowest BCUT2D eigenvalue weighted by Gasteiger charge is -2.40. The number of halogens is 1. The van der Waals surface area contributed by atoms with Crippen LogP contribution in [-0.2, 0) is 6.42 Å². The molecule has 1 nitrogen and oxygen atoms in total. The lowest BCUT2D eigenvalue weighted by atomic mass is 9.69. The fourth-order valence-electron chi connectivity index (χ4n) is 4.52. The molecule has 2 fully saturated rings. The van der Waals surface area contributed by atoms with Gasteiger partial charge in [-0.05, 0) is 75.3 Å². The molecule has 3 unspecified atom stereocenters. The smallest absolute Gasteiger partial charge is 0.0438 e. The van der Waals surface area contributed by atoms with E-state index < -0.39 is 0 Å². The van der Waals surface area contributed by atoms with Crippen LogP contribution in [0.4, 0.5) is 0 Å².